The van der Waals surface area contributed by atoms with E-state index < -0.39 is 0 Å². The van der Waals surface area contributed by atoms with Crippen molar-refractivity contribution in [1.82, 2.24) is 0 Å². The van der Waals surface area contributed by atoms with Gasteiger partial charge in [0.05, 0.1) is 6.26 Å². The van der Waals surface area contributed by atoms with Crippen molar-refractivity contribution in [3.63, 3.8) is 0 Å². The molecule has 0 spiro atoms. The standard InChI is InChI=1S/C11H19NO/c1-4-8(3)11(12)9-6-7-13-10(9)5-2/h6-8,11H,4-5,12H2,1-3H3. The van der Waals surface area contributed by atoms with Crippen LogP contribution in [0.15, 0.2) is 16.7 Å². The van der Waals surface area contributed by atoms with Gasteiger partial charge < -0.3 is 10.2 Å². The van der Waals surface area contributed by atoms with E-state index in [1.54, 1.807) is 6.26 Å². The molecular weight excluding hydrogens is 162 g/mol. The molecule has 1 aromatic rings. The quantitative estimate of drug-likeness (QED) is 0.775. The fourth-order valence-electron chi connectivity index (χ4n) is 1.50. The third-order valence-electron chi connectivity index (χ3n) is 2.72. The maximum Gasteiger partial charge on any atom is 0.108 e. The van der Waals surface area contributed by atoms with E-state index >= 15 is 0 Å². The molecule has 2 atom stereocenters. The summed E-state index contributed by atoms with van der Waals surface area (Å²) in [5.41, 5.74) is 7.29. The van der Waals surface area contributed by atoms with Crippen LogP contribution in [0.25, 0.3) is 0 Å². The molecule has 1 aromatic heterocycles. The van der Waals surface area contributed by atoms with E-state index in [9.17, 15) is 0 Å². The molecule has 2 nitrogen and oxygen atoms in total. The van der Waals surface area contributed by atoms with Gasteiger partial charge in [0, 0.05) is 18.0 Å². The zero-order valence-corrected chi connectivity index (χ0v) is 8.71. The predicted octanol–water partition coefficient (Wildman–Crippen LogP) is 2.89. The van der Waals surface area contributed by atoms with Crippen LogP contribution in [-0.4, -0.2) is 0 Å². The number of aryl methyl sites for hydroxylation is 1. The number of nitrogens with two attached hydrogens (primary N) is 1. The van der Waals surface area contributed by atoms with Crippen LogP contribution in [0.2, 0.25) is 0 Å². The molecule has 13 heavy (non-hydrogen) atoms. The largest absolute Gasteiger partial charge is 0.469 e. The Morgan fingerprint density at radius 1 is 1.46 bits per heavy atom. The summed E-state index contributed by atoms with van der Waals surface area (Å²) < 4.78 is 5.35. The molecule has 0 amide bonds. The van der Waals surface area contributed by atoms with Crippen LogP contribution in [0, 0.1) is 5.92 Å². The molecule has 0 aliphatic rings. The molecule has 0 fully saturated rings. The van der Waals surface area contributed by atoms with Gasteiger partial charge in [0.25, 0.3) is 0 Å². The van der Waals surface area contributed by atoms with Crippen molar-refractivity contribution in [3.8, 4) is 0 Å². The fourth-order valence-corrected chi connectivity index (χ4v) is 1.50. The van der Waals surface area contributed by atoms with Crippen molar-refractivity contribution < 1.29 is 4.42 Å². The van der Waals surface area contributed by atoms with E-state index in [4.69, 9.17) is 10.2 Å². The highest BCUT2D eigenvalue weighted by Crippen LogP contribution is 2.25. The smallest absolute Gasteiger partial charge is 0.108 e. The van der Waals surface area contributed by atoms with E-state index in [-0.39, 0.29) is 6.04 Å². The topological polar surface area (TPSA) is 39.2 Å². The molecule has 74 valence electrons. The highest BCUT2D eigenvalue weighted by atomic mass is 16.3. The minimum Gasteiger partial charge on any atom is -0.469 e. The van der Waals surface area contributed by atoms with Crippen LogP contribution >= 0.6 is 0 Å². The summed E-state index contributed by atoms with van der Waals surface area (Å²) >= 11 is 0. The molecule has 0 saturated heterocycles. The molecule has 0 aromatic carbocycles. The lowest BCUT2D eigenvalue weighted by Gasteiger charge is -2.17. The number of rotatable bonds is 4. The Morgan fingerprint density at radius 2 is 2.15 bits per heavy atom. The number of hydrogen-bond acceptors (Lipinski definition) is 2. The van der Waals surface area contributed by atoms with Crippen LogP contribution < -0.4 is 5.73 Å². The van der Waals surface area contributed by atoms with Gasteiger partial charge in [-0.15, -0.1) is 0 Å². The Labute approximate surface area is 80.1 Å². The minimum absolute atomic E-state index is 0.124. The molecule has 2 N–H and O–H groups in total. The highest BCUT2D eigenvalue weighted by molar-refractivity contribution is 5.21. The lowest BCUT2D eigenvalue weighted by Crippen LogP contribution is -2.19. The van der Waals surface area contributed by atoms with Crippen molar-refractivity contribution in [2.75, 3.05) is 0 Å². The van der Waals surface area contributed by atoms with Gasteiger partial charge in [0.15, 0.2) is 0 Å². The van der Waals surface area contributed by atoms with Crippen molar-refractivity contribution in [3.05, 3.63) is 23.7 Å². The molecule has 0 radical (unpaired) electrons. The molecule has 0 aliphatic heterocycles. The lowest BCUT2D eigenvalue weighted by molar-refractivity contribution is 0.440. The molecular formula is C11H19NO. The van der Waals surface area contributed by atoms with Gasteiger partial charge in [-0.1, -0.05) is 27.2 Å². The van der Waals surface area contributed by atoms with Gasteiger partial charge in [-0.3, -0.25) is 0 Å². The van der Waals surface area contributed by atoms with Gasteiger partial charge in [-0.2, -0.15) is 0 Å². The van der Waals surface area contributed by atoms with Gasteiger partial charge in [0.1, 0.15) is 5.76 Å². The second kappa shape index (κ2) is 4.47. The molecule has 2 heteroatoms. The van der Waals surface area contributed by atoms with Gasteiger partial charge in [0.2, 0.25) is 0 Å². The second-order valence-corrected chi connectivity index (χ2v) is 3.56. The predicted molar refractivity (Wildman–Crippen MR) is 54.5 cm³/mol. The first kappa shape index (κ1) is 10.3. The minimum atomic E-state index is 0.124. The first-order valence-electron chi connectivity index (χ1n) is 5.02. The summed E-state index contributed by atoms with van der Waals surface area (Å²) in [6.07, 6.45) is 3.76. The van der Waals surface area contributed by atoms with E-state index in [1.165, 1.54) is 5.56 Å². The lowest BCUT2D eigenvalue weighted by atomic mass is 9.93. The maximum atomic E-state index is 6.11. The molecule has 0 saturated carbocycles. The molecule has 2 unspecified atom stereocenters. The van der Waals surface area contributed by atoms with Gasteiger partial charge in [-0.05, 0) is 12.0 Å². The van der Waals surface area contributed by atoms with E-state index in [0.717, 1.165) is 18.6 Å². The van der Waals surface area contributed by atoms with E-state index in [0.29, 0.717) is 5.92 Å². The number of hydrogen-bond donors (Lipinski definition) is 1. The Morgan fingerprint density at radius 3 is 2.69 bits per heavy atom. The van der Waals surface area contributed by atoms with E-state index in [1.807, 2.05) is 6.07 Å². The van der Waals surface area contributed by atoms with E-state index in [2.05, 4.69) is 20.8 Å². The van der Waals surface area contributed by atoms with Crippen molar-refractivity contribution in [2.24, 2.45) is 11.7 Å². The summed E-state index contributed by atoms with van der Waals surface area (Å²) in [7, 11) is 0. The second-order valence-electron chi connectivity index (χ2n) is 3.56. The third-order valence-corrected chi connectivity index (χ3v) is 2.72. The van der Waals surface area contributed by atoms with Gasteiger partial charge in [-0.25, -0.2) is 0 Å². The maximum absolute atomic E-state index is 6.11. The average molecular weight is 181 g/mol. The Balaban J connectivity index is 2.81. The summed E-state index contributed by atoms with van der Waals surface area (Å²) in [6.45, 7) is 6.43. The third kappa shape index (κ3) is 2.13. The van der Waals surface area contributed by atoms with Crippen molar-refractivity contribution >= 4 is 0 Å². The Hall–Kier alpha value is -0.760. The fraction of sp³-hybridized carbons (Fsp3) is 0.636. The van der Waals surface area contributed by atoms with Crippen LogP contribution in [0.3, 0.4) is 0 Å². The van der Waals surface area contributed by atoms with Crippen LogP contribution in [-0.2, 0) is 6.42 Å². The summed E-state index contributed by atoms with van der Waals surface area (Å²) in [6, 6.07) is 2.12. The summed E-state index contributed by atoms with van der Waals surface area (Å²) in [5.74, 6) is 1.55. The van der Waals surface area contributed by atoms with Crippen molar-refractivity contribution in [1.29, 1.82) is 0 Å². The summed E-state index contributed by atoms with van der Waals surface area (Å²) in [4.78, 5) is 0. The zero-order valence-electron chi connectivity index (χ0n) is 8.71. The Bertz CT molecular complexity index is 254. The SMILES string of the molecule is CCc1occc1C(N)C(C)CC. The zero-order chi connectivity index (χ0) is 9.84. The van der Waals surface area contributed by atoms with Gasteiger partial charge >= 0.3 is 0 Å². The Kier molecular flexibility index (Phi) is 3.55. The monoisotopic (exact) mass is 181 g/mol. The molecule has 1 rings (SSSR count). The molecule has 1 heterocycles. The number of furan rings is 1. The van der Waals surface area contributed by atoms with Crippen LogP contribution in [0.5, 0.6) is 0 Å². The van der Waals surface area contributed by atoms with Crippen molar-refractivity contribution in [2.45, 2.75) is 39.7 Å². The summed E-state index contributed by atoms with van der Waals surface area (Å²) in [5, 5.41) is 0. The molecule has 0 bridgehead atoms. The first-order chi connectivity index (χ1) is 6.20. The highest BCUT2D eigenvalue weighted by Gasteiger charge is 2.17. The van der Waals surface area contributed by atoms with Crippen LogP contribution in [0.4, 0.5) is 0 Å². The average Bonchev–Trinajstić information content (AvgIpc) is 2.62. The molecule has 0 aliphatic carbocycles. The van der Waals surface area contributed by atoms with Crippen LogP contribution in [0.1, 0.15) is 44.6 Å². The first-order valence-corrected chi connectivity index (χ1v) is 5.02. The normalized spacial score (nSPS) is 15.7.